The lowest BCUT2D eigenvalue weighted by atomic mass is 10.1. The average Bonchev–Trinajstić information content (AvgIpc) is 3.24. The van der Waals surface area contributed by atoms with Gasteiger partial charge in [-0.15, -0.1) is 23.4 Å². The predicted molar refractivity (Wildman–Crippen MR) is 84.8 cm³/mol. The summed E-state index contributed by atoms with van der Waals surface area (Å²) in [6, 6.07) is 5.89. The number of ether oxygens (including phenoxy) is 1. The van der Waals surface area contributed by atoms with Gasteiger partial charge in [0, 0.05) is 18.9 Å². The lowest BCUT2D eigenvalue weighted by molar-refractivity contribution is -0.274. The zero-order valence-electron chi connectivity index (χ0n) is 13.2. The number of fused-ring (bicyclic) bond motifs is 1. The summed E-state index contributed by atoms with van der Waals surface area (Å²) in [5, 5.41) is 13.0. The van der Waals surface area contributed by atoms with Crippen LogP contribution in [0.25, 0.3) is 15.7 Å². The Labute approximate surface area is 148 Å². The number of benzene rings is 1. The van der Waals surface area contributed by atoms with Crippen molar-refractivity contribution < 1.29 is 22.3 Å². The van der Waals surface area contributed by atoms with Crippen molar-refractivity contribution in [3.8, 4) is 16.5 Å². The second kappa shape index (κ2) is 6.09. The standard InChI is InChI=1S/C15H10F3N5O2S/c1-8-19-10(7-24-8)13-22-23-12(20-21-14(23)26-13)6-9-4-2-3-5-11(9)25-15(16,17)18/h2-5,7H,6H2,1H3. The van der Waals surface area contributed by atoms with Gasteiger partial charge in [0.25, 0.3) is 0 Å². The van der Waals surface area contributed by atoms with Crippen LogP contribution in [-0.2, 0) is 6.42 Å². The van der Waals surface area contributed by atoms with Gasteiger partial charge in [0.15, 0.2) is 16.7 Å². The van der Waals surface area contributed by atoms with Crippen LogP contribution < -0.4 is 4.74 Å². The van der Waals surface area contributed by atoms with Crippen molar-refractivity contribution in [2.24, 2.45) is 0 Å². The van der Waals surface area contributed by atoms with Crippen molar-refractivity contribution in [3.05, 3.63) is 47.8 Å². The van der Waals surface area contributed by atoms with Crippen molar-refractivity contribution in [3.63, 3.8) is 0 Å². The maximum Gasteiger partial charge on any atom is 0.573 e. The molecule has 7 nitrogen and oxygen atoms in total. The molecule has 11 heteroatoms. The first kappa shape index (κ1) is 16.5. The Morgan fingerprint density at radius 2 is 2.04 bits per heavy atom. The van der Waals surface area contributed by atoms with Gasteiger partial charge in [-0.3, -0.25) is 0 Å². The van der Waals surface area contributed by atoms with Gasteiger partial charge in [0.05, 0.1) is 0 Å². The third-order valence-corrected chi connectivity index (χ3v) is 4.36. The van der Waals surface area contributed by atoms with Gasteiger partial charge in [-0.2, -0.15) is 9.61 Å². The molecule has 0 amide bonds. The minimum absolute atomic E-state index is 0.0778. The highest BCUT2D eigenvalue weighted by molar-refractivity contribution is 7.19. The third kappa shape index (κ3) is 3.25. The fourth-order valence-corrected chi connectivity index (χ4v) is 3.19. The normalized spacial score (nSPS) is 12.0. The van der Waals surface area contributed by atoms with E-state index in [1.165, 1.54) is 40.3 Å². The highest BCUT2D eigenvalue weighted by Crippen LogP contribution is 2.29. The topological polar surface area (TPSA) is 78.3 Å². The summed E-state index contributed by atoms with van der Waals surface area (Å²) in [5.74, 6) is 0.615. The summed E-state index contributed by atoms with van der Waals surface area (Å²) in [6.07, 6.45) is -3.21. The monoisotopic (exact) mass is 381 g/mol. The molecule has 0 aliphatic heterocycles. The summed E-state index contributed by atoms with van der Waals surface area (Å²) < 4.78 is 48.4. The van der Waals surface area contributed by atoms with Crippen LogP contribution in [0.5, 0.6) is 5.75 Å². The molecule has 3 heterocycles. The van der Waals surface area contributed by atoms with E-state index in [1.54, 1.807) is 13.0 Å². The van der Waals surface area contributed by atoms with Crippen molar-refractivity contribution in [1.82, 2.24) is 24.8 Å². The summed E-state index contributed by atoms with van der Waals surface area (Å²) in [4.78, 5) is 4.70. The number of aryl methyl sites for hydroxylation is 1. The molecule has 0 fully saturated rings. The molecule has 26 heavy (non-hydrogen) atoms. The van der Waals surface area contributed by atoms with Crippen LogP contribution in [0.4, 0.5) is 13.2 Å². The van der Waals surface area contributed by atoms with E-state index >= 15 is 0 Å². The molecule has 1 aromatic carbocycles. The second-order valence-electron chi connectivity index (χ2n) is 5.30. The molecule has 4 aromatic rings. The van der Waals surface area contributed by atoms with Crippen LogP contribution in [0.2, 0.25) is 0 Å². The van der Waals surface area contributed by atoms with Crippen LogP contribution in [0, 0.1) is 6.92 Å². The molecule has 0 N–H and O–H groups in total. The zero-order chi connectivity index (χ0) is 18.3. The molecule has 3 aromatic heterocycles. The first-order chi connectivity index (χ1) is 12.4. The number of alkyl halides is 3. The number of hydrogen-bond donors (Lipinski definition) is 0. The van der Waals surface area contributed by atoms with E-state index in [0.29, 0.717) is 32.9 Å². The quantitative estimate of drug-likeness (QED) is 0.537. The van der Waals surface area contributed by atoms with Crippen molar-refractivity contribution in [2.45, 2.75) is 19.7 Å². The number of aromatic nitrogens is 5. The molecule has 0 radical (unpaired) electrons. The Kier molecular flexibility index (Phi) is 3.87. The SMILES string of the molecule is Cc1nc(-c2nn3c(Cc4ccccc4OC(F)(F)F)nnc3s2)co1. The summed E-state index contributed by atoms with van der Waals surface area (Å²) >= 11 is 1.25. The Hall–Kier alpha value is -2.95. The first-order valence-corrected chi connectivity index (χ1v) is 8.18. The lowest BCUT2D eigenvalue weighted by Crippen LogP contribution is -2.18. The second-order valence-corrected chi connectivity index (χ2v) is 6.26. The smallest absolute Gasteiger partial charge is 0.449 e. The number of nitrogens with zero attached hydrogens (tertiary/aromatic N) is 5. The van der Waals surface area contributed by atoms with Crippen LogP contribution >= 0.6 is 11.3 Å². The van der Waals surface area contributed by atoms with E-state index in [9.17, 15) is 13.2 Å². The van der Waals surface area contributed by atoms with Gasteiger partial charge in [0.2, 0.25) is 4.96 Å². The van der Waals surface area contributed by atoms with E-state index in [0.717, 1.165) is 0 Å². The summed E-state index contributed by atoms with van der Waals surface area (Å²) in [5.41, 5.74) is 0.885. The van der Waals surface area contributed by atoms with Crippen molar-refractivity contribution in [1.29, 1.82) is 0 Å². The molecule has 0 saturated carbocycles. The van der Waals surface area contributed by atoms with E-state index < -0.39 is 6.36 Å². The molecular weight excluding hydrogens is 371 g/mol. The molecule has 0 saturated heterocycles. The van der Waals surface area contributed by atoms with Crippen molar-refractivity contribution in [2.75, 3.05) is 0 Å². The van der Waals surface area contributed by atoms with Crippen LogP contribution in [-0.4, -0.2) is 31.2 Å². The minimum atomic E-state index is -4.77. The van der Waals surface area contributed by atoms with Crippen LogP contribution in [0.1, 0.15) is 17.3 Å². The zero-order valence-corrected chi connectivity index (χ0v) is 14.0. The Bertz CT molecular complexity index is 1070. The maximum absolute atomic E-state index is 12.6. The van der Waals surface area contributed by atoms with Gasteiger partial charge in [0.1, 0.15) is 17.7 Å². The number of halogens is 3. The number of oxazole rings is 1. The van der Waals surface area contributed by atoms with E-state index in [2.05, 4.69) is 25.0 Å². The third-order valence-electron chi connectivity index (χ3n) is 3.44. The molecule has 134 valence electrons. The molecule has 4 rings (SSSR count). The number of para-hydroxylation sites is 1. The minimum Gasteiger partial charge on any atom is -0.449 e. The predicted octanol–water partition coefficient (Wildman–Crippen LogP) is 3.64. The number of hydrogen-bond acceptors (Lipinski definition) is 7. The lowest BCUT2D eigenvalue weighted by Gasteiger charge is -2.12. The van der Waals surface area contributed by atoms with Crippen LogP contribution in [0.15, 0.2) is 34.9 Å². The summed E-state index contributed by atoms with van der Waals surface area (Å²) in [6.45, 7) is 1.72. The molecule has 0 spiro atoms. The van der Waals surface area contributed by atoms with Gasteiger partial charge >= 0.3 is 6.36 Å². The fraction of sp³-hybridized carbons (Fsp3) is 0.200. The Morgan fingerprint density at radius 1 is 1.23 bits per heavy atom. The van der Waals surface area contributed by atoms with E-state index in [-0.39, 0.29) is 12.2 Å². The average molecular weight is 381 g/mol. The first-order valence-electron chi connectivity index (χ1n) is 7.36. The highest BCUT2D eigenvalue weighted by atomic mass is 32.1. The molecule has 0 aliphatic rings. The van der Waals surface area contributed by atoms with Gasteiger partial charge in [-0.1, -0.05) is 29.5 Å². The van der Waals surface area contributed by atoms with E-state index in [4.69, 9.17) is 4.42 Å². The molecule has 0 bridgehead atoms. The Morgan fingerprint density at radius 3 is 2.77 bits per heavy atom. The molecule has 0 atom stereocenters. The largest absolute Gasteiger partial charge is 0.573 e. The van der Waals surface area contributed by atoms with Crippen molar-refractivity contribution >= 4 is 16.3 Å². The van der Waals surface area contributed by atoms with Gasteiger partial charge in [-0.05, 0) is 6.07 Å². The van der Waals surface area contributed by atoms with Crippen LogP contribution in [0.3, 0.4) is 0 Å². The maximum atomic E-state index is 12.6. The summed E-state index contributed by atoms with van der Waals surface area (Å²) in [7, 11) is 0. The molecular formula is C15H10F3N5O2S. The highest BCUT2D eigenvalue weighted by Gasteiger charge is 2.32. The molecule has 0 aliphatic carbocycles. The van der Waals surface area contributed by atoms with Gasteiger partial charge in [-0.25, -0.2) is 4.98 Å². The fourth-order valence-electron chi connectivity index (χ4n) is 2.38. The molecule has 0 unspecified atom stereocenters. The Balaban J connectivity index is 1.67. The number of rotatable bonds is 4. The van der Waals surface area contributed by atoms with Gasteiger partial charge < -0.3 is 9.15 Å². The van der Waals surface area contributed by atoms with E-state index in [1.807, 2.05) is 0 Å².